The molecular weight excluding hydrogens is 246 g/mol. The Morgan fingerprint density at radius 3 is 2.72 bits per heavy atom. The molecule has 1 aliphatic rings. The van der Waals surface area contributed by atoms with E-state index in [4.69, 9.17) is 4.74 Å². The highest BCUT2D eigenvalue weighted by Gasteiger charge is 2.30. The Balaban J connectivity index is 2.42. The molecule has 0 aromatic heterocycles. The SMILES string of the molecule is CSCC(C)(C)/N=C1/OC(=O)c2ccc(C)cc21. The van der Waals surface area contributed by atoms with E-state index in [1.165, 1.54) is 0 Å². The Kier molecular flexibility index (Phi) is 3.48. The van der Waals surface area contributed by atoms with Crippen molar-refractivity contribution in [3.05, 3.63) is 34.9 Å². The Morgan fingerprint density at radius 2 is 2.06 bits per heavy atom. The average molecular weight is 263 g/mol. The van der Waals surface area contributed by atoms with Crippen molar-refractivity contribution < 1.29 is 9.53 Å². The van der Waals surface area contributed by atoms with Crippen molar-refractivity contribution in [2.24, 2.45) is 4.99 Å². The smallest absolute Gasteiger partial charge is 0.345 e. The molecule has 4 heteroatoms. The number of benzene rings is 1. The van der Waals surface area contributed by atoms with Gasteiger partial charge in [0, 0.05) is 5.75 Å². The fourth-order valence-corrected chi connectivity index (χ4v) is 2.73. The Morgan fingerprint density at radius 1 is 1.33 bits per heavy atom. The number of thioether (sulfide) groups is 1. The standard InChI is InChI=1S/C14H17NO2S/c1-9-5-6-10-11(7-9)12(17-13(10)16)15-14(2,3)8-18-4/h5-7H,8H2,1-4H3/b15-12+. The fourth-order valence-electron chi connectivity index (χ4n) is 1.95. The molecule has 1 aromatic rings. The lowest BCUT2D eigenvalue weighted by molar-refractivity contribution is 0.0736. The minimum atomic E-state index is -0.302. The zero-order valence-electron chi connectivity index (χ0n) is 11.1. The monoisotopic (exact) mass is 263 g/mol. The van der Waals surface area contributed by atoms with Gasteiger partial charge in [0.15, 0.2) is 0 Å². The molecular formula is C14H17NO2S. The summed E-state index contributed by atoms with van der Waals surface area (Å²) >= 11 is 1.73. The molecule has 96 valence electrons. The van der Waals surface area contributed by atoms with Gasteiger partial charge < -0.3 is 4.74 Å². The van der Waals surface area contributed by atoms with Crippen LogP contribution in [0.15, 0.2) is 23.2 Å². The third-order valence-corrected chi connectivity index (χ3v) is 3.71. The Bertz CT molecular complexity index is 521. The van der Waals surface area contributed by atoms with E-state index in [9.17, 15) is 4.79 Å². The second-order valence-electron chi connectivity index (χ2n) is 5.10. The molecule has 0 amide bonds. The minimum absolute atomic E-state index is 0.236. The number of ether oxygens (including phenoxy) is 1. The third kappa shape index (κ3) is 2.58. The highest BCUT2D eigenvalue weighted by molar-refractivity contribution is 7.98. The van der Waals surface area contributed by atoms with Gasteiger partial charge in [0.05, 0.1) is 16.7 Å². The Labute approximate surface area is 112 Å². The molecule has 0 saturated heterocycles. The molecule has 18 heavy (non-hydrogen) atoms. The van der Waals surface area contributed by atoms with Gasteiger partial charge in [0.2, 0.25) is 5.90 Å². The number of cyclic esters (lactones) is 1. The van der Waals surface area contributed by atoms with Crippen molar-refractivity contribution in [1.29, 1.82) is 0 Å². The molecule has 3 nitrogen and oxygen atoms in total. The summed E-state index contributed by atoms with van der Waals surface area (Å²) in [5, 5.41) is 0. The summed E-state index contributed by atoms with van der Waals surface area (Å²) in [4.78, 5) is 16.3. The molecule has 1 aromatic carbocycles. The van der Waals surface area contributed by atoms with Crippen LogP contribution in [0.1, 0.15) is 35.3 Å². The summed E-state index contributed by atoms with van der Waals surface area (Å²) in [5.74, 6) is 1.04. The molecule has 1 aliphatic heterocycles. The van der Waals surface area contributed by atoms with Crippen molar-refractivity contribution in [3.63, 3.8) is 0 Å². The van der Waals surface area contributed by atoms with Crippen molar-refractivity contribution >= 4 is 23.6 Å². The zero-order valence-corrected chi connectivity index (χ0v) is 11.9. The van der Waals surface area contributed by atoms with Crippen molar-refractivity contribution in [1.82, 2.24) is 0 Å². The average Bonchev–Trinajstić information content (AvgIpc) is 2.54. The molecule has 0 radical (unpaired) electrons. The summed E-state index contributed by atoms with van der Waals surface area (Å²) in [6.07, 6.45) is 2.04. The molecule has 0 bridgehead atoms. The summed E-state index contributed by atoms with van der Waals surface area (Å²) in [7, 11) is 0. The van der Waals surface area contributed by atoms with Crippen LogP contribution in [-0.4, -0.2) is 29.4 Å². The normalized spacial score (nSPS) is 16.9. The second-order valence-corrected chi connectivity index (χ2v) is 5.97. The first-order valence-corrected chi connectivity index (χ1v) is 7.24. The molecule has 0 N–H and O–H groups in total. The molecule has 0 atom stereocenters. The van der Waals surface area contributed by atoms with Crippen LogP contribution in [0.3, 0.4) is 0 Å². The number of carbonyl (C=O) groups excluding carboxylic acids is 1. The van der Waals surface area contributed by atoms with Crippen LogP contribution in [0, 0.1) is 6.92 Å². The molecule has 0 fully saturated rings. The summed E-state index contributed by atoms with van der Waals surface area (Å²) in [5.41, 5.74) is 2.29. The van der Waals surface area contributed by atoms with Crippen molar-refractivity contribution in [2.75, 3.05) is 12.0 Å². The number of rotatable bonds is 3. The summed E-state index contributed by atoms with van der Waals surface area (Å²) in [6.45, 7) is 6.07. The maximum absolute atomic E-state index is 11.7. The first-order valence-electron chi connectivity index (χ1n) is 5.85. The number of hydrogen-bond acceptors (Lipinski definition) is 4. The van der Waals surface area contributed by atoms with E-state index in [-0.39, 0.29) is 11.5 Å². The van der Waals surface area contributed by atoms with Gasteiger partial charge in [-0.15, -0.1) is 0 Å². The lowest BCUT2D eigenvalue weighted by atomic mass is 10.1. The van der Waals surface area contributed by atoms with Crippen LogP contribution in [0.25, 0.3) is 0 Å². The van der Waals surface area contributed by atoms with Gasteiger partial charge in [-0.25, -0.2) is 9.79 Å². The number of aliphatic imine (C=N–C) groups is 1. The molecule has 0 spiro atoms. The predicted octanol–water partition coefficient (Wildman–Crippen LogP) is 3.05. The van der Waals surface area contributed by atoms with Gasteiger partial charge in [-0.1, -0.05) is 11.6 Å². The van der Waals surface area contributed by atoms with Crippen LogP contribution in [0.5, 0.6) is 0 Å². The van der Waals surface area contributed by atoms with E-state index in [2.05, 4.69) is 4.99 Å². The van der Waals surface area contributed by atoms with Gasteiger partial charge in [-0.3, -0.25) is 0 Å². The van der Waals surface area contributed by atoms with Crippen molar-refractivity contribution in [2.45, 2.75) is 26.3 Å². The largest absolute Gasteiger partial charge is 0.404 e. The van der Waals surface area contributed by atoms with Gasteiger partial charge in [0.25, 0.3) is 0 Å². The predicted molar refractivity (Wildman–Crippen MR) is 75.6 cm³/mol. The van der Waals surface area contributed by atoms with E-state index in [1.54, 1.807) is 17.8 Å². The van der Waals surface area contributed by atoms with E-state index >= 15 is 0 Å². The number of carbonyl (C=O) groups is 1. The molecule has 2 rings (SSSR count). The van der Waals surface area contributed by atoms with E-state index in [0.29, 0.717) is 11.5 Å². The summed E-state index contributed by atoms with van der Waals surface area (Å²) < 4.78 is 5.27. The molecule has 1 heterocycles. The third-order valence-electron chi connectivity index (χ3n) is 2.72. The number of esters is 1. The highest BCUT2D eigenvalue weighted by Crippen LogP contribution is 2.25. The zero-order chi connectivity index (χ0) is 13.3. The molecule has 0 aliphatic carbocycles. The van der Waals surface area contributed by atoms with E-state index in [0.717, 1.165) is 16.9 Å². The van der Waals surface area contributed by atoms with Gasteiger partial charge in [-0.05, 0) is 39.2 Å². The second kappa shape index (κ2) is 4.76. The maximum Gasteiger partial charge on any atom is 0.345 e. The first-order chi connectivity index (χ1) is 8.43. The number of nitrogens with zero attached hydrogens (tertiary/aromatic N) is 1. The summed E-state index contributed by atoms with van der Waals surface area (Å²) in [6, 6.07) is 5.67. The minimum Gasteiger partial charge on any atom is -0.404 e. The quantitative estimate of drug-likeness (QED) is 0.787. The van der Waals surface area contributed by atoms with Gasteiger partial charge in [0.1, 0.15) is 0 Å². The van der Waals surface area contributed by atoms with Crippen LogP contribution >= 0.6 is 11.8 Å². The van der Waals surface area contributed by atoms with E-state index in [1.807, 2.05) is 39.2 Å². The van der Waals surface area contributed by atoms with Crippen LogP contribution in [0.2, 0.25) is 0 Å². The highest BCUT2D eigenvalue weighted by atomic mass is 32.2. The van der Waals surface area contributed by atoms with Gasteiger partial charge >= 0.3 is 5.97 Å². The van der Waals surface area contributed by atoms with Crippen LogP contribution < -0.4 is 0 Å². The van der Waals surface area contributed by atoms with E-state index < -0.39 is 0 Å². The topological polar surface area (TPSA) is 38.7 Å². The van der Waals surface area contributed by atoms with Crippen molar-refractivity contribution in [3.8, 4) is 0 Å². The van der Waals surface area contributed by atoms with Crippen LogP contribution in [-0.2, 0) is 4.74 Å². The van der Waals surface area contributed by atoms with Crippen LogP contribution in [0.4, 0.5) is 0 Å². The van der Waals surface area contributed by atoms with Gasteiger partial charge in [-0.2, -0.15) is 11.8 Å². The fraction of sp³-hybridized carbons (Fsp3) is 0.429. The maximum atomic E-state index is 11.7. The number of fused-ring (bicyclic) bond motifs is 1. The molecule has 0 unspecified atom stereocenters. The lowest BCUT2D eigenvalue weighted by Crippen LogP contribution is -2.23. The first kappa shape index (κ1) is 13.1. The number of aryl methyl sites for hydroxylation is 1. The molecule has 0 saturated carbocycles. The Hall–Kier alpha value is -1.29. The number of hydrogen-bond donors (Lipinski definition) is 0. The lowest BCUT2D eigenvalue weighted by Gasteiger charge is -2.18.